The van der Waals surface area contributed by atoms with E-state index in [2.05, 4.69) is 15.6 Å². The van der Waals surface area contributed by atoms with Crippen LogP contribution in [0.5, 0.6) is 0 Å². The molecule has 1 aromatic heterocycles. The molecule has 156 valence electrons. The van der Waals surface area contributed by atoms with Crippen LogP contribution in [0.3, 0.4) is 0 Å². The highest BCUT2D eigenvalue weighted by atomic mass is 16.5. The third kappa shape index (κ3) is 4.65. The first kappa shape index (κ1) is 21.0. The number of carboxylic acid groups (broad SMARTS) is 1. The van der Waals surface area contributed by atoms with Crippen molar-refractivity contribution >= 4 is 34.1 Å². The van der Waals surface area contributed by atoms with Crippen LogP contribution in [-0.2, 0) is 22.7 Å². The summed E-state index contributed by atoms with van der Waals surface area (Å²) in [4.78, 5) is 38.4. The number of pyridine rings is 1. The number of aromatic carboxylic acids is 1. The zero-order valence-electron chi connectivity index (χ0n) is 16.4. The van der Waals surface area contributed by atoms with Crippen molar-refractivity contribution in [3.8, 4) is 0 Å². The van der Waals surface area contributed by atoms with Crippen molar-refractivity contribution in [1.82, 2.24) is 4.98 Å². The van der Waals surface area contributed by atoms with Crippen LogP contribution in [0.15, 0.2) is 47.4 Å². The Hall–Kier alpha value is -3.69. The van der Waals surface area contributed by atoms with Crippen LogP contribution < -0.4 is 16.2 Å². The lowest BCUT2D eigenvalue weighted by Crippen LogP contribution is -2.24. The molecule has 3 rings (SSSR count). The second-order valence-corrected chi connectivity index (χ2v) is 6.53. The maximum Gasteiger partial charge on any atom is 0.335 e. The fourth-order valence-corrected chi connectivity index (χ4v) is 3.06. The minimum atomic E-state index is -1.06. The van der Waals surface area contributed by atoms with Crippen molar-refractivity contribution in [2.24, 2.45) is 0 Å². The van der Waals surface area contributed by atoms with Gasteiger partial charge in [-0.25, -0.2) is 9.59 Å². The van der Waals surface area contributed by atoms with Gasteiger partial charge < -0.3 is 30.2 Å². The number of aromatic amines is 1. The summed E-state index contributed by atoms with van der Waals surface area (Å²) < 4.78 is 10.5. The molecule has 0 atom stereocenters. The Morgan fingerprint density at radius 2 is 1.63 bits per heavy atom. The predicted octanol–water partition coefficient (Wildman–Crippen LogP) is 3.16. The van der Waals surface area contributed by atoms with Crippen LogP contribution >= 0.6 is 0 Å². The summed E-state index contributed by atoms with van der Waals surface area (Å²) in [6.07, 6.45) is 1.57. The number of carbonyl (C=O) groups is 2. The topological polar surface area (TPSA) is 130 Å². The normalized spacial score (nSPS) is 10.7. The summed E-state index contributed by atoms with van der Waals surface area (Å²) in [6.45, 7) is 0.701. The van der Waals surface area contributed by atoms with Crippen LogP contribution in [0, 0.1) is 0 Å². The van der Waals surface area contributed by atoms with Crippen molar-refractivity contribution < 1.29 is 24.2 Å². The second-order valence-electron chi connectivity index (χ2n) is 6.53. The van der Waals surface area contributed by atoms with Gasteiger partial charge in [-0.05, 0) is 47.5 Å². The number of rotatable bonds is 7. The van der Waals surface area contributed by atoms with Gasteiger partial charge in [-0.3, -0.25) is 4.79 Å². The smallest absolute Gasteiger partial charge is 0.335 e. The van der Waals surface area contributed by atoms with E-state index in [0.717, 1.165) is 16.5 Å². The number of fused-ring (bicyclic) bond motifs is 1. The monoisotopic (exact) mass is 411 g/mol. The van der Waals surface area contributed by atoms with Crippen molar-refractivity contribution in [3.05, 3.63) is 69.6 Å². The summed E-state index contributed by atoms with van der Waals surface area (Å²) in [7, 11) is 3.16. The van der Waals surface area contributed by atoms with Gasteiger partial charge in [0.1, 0.15) is 5.69 Å². The molecule has 0 aliphatic heterocycles. The largest absolute Gasteiger partial charge is 0.478 e. The zero-order chi connectivity index (χ0) is 21.7. The molecule has 2 aromatic carbocycles. The van der Waals surface area contributed by atoms with E-state index < -0.39 is 17.6 Å². The van der Waals surface area contributed by atoms with Gasteiger partial charge in [-0.1, -0.05) is 0 Å². The molecule has 0 fully saturated rings. The lowest BCUT2D eigenvalue weighted by Gasteiger charge is -2.14. The third-order valence-electron chi connectivity index (χ3n) is 4.45. The van der Waals surface area contributed by atoms with Crippen molar-refractivity contribution in [2.45, 2.75) is 13.2 Å². The number of amides is 2. The molecule has 0 bridgehead atoms. The molecular weight excluding hydrogens is 390 g/mol. The van der Waals surface area contributed by atoms with Crippen molar-refractivity contribution in [1.29, 1.82) is 0 Å². The number of carbonyl (C=O) groups excluding carboxylic acids is 1. The molecule has 0 saturated carbocycles. The summed E-state index contributed by atoms with van der Waals surface area (Å²) in [5, 5.41) is 15.4. The SMILES string of the molecule is COCc1cc2c[nH]c(=O)c(NC(=O)Nc3ccc(C(=O)O)cc3)c2cc1COC. The van der Waals surface area contributed by atoms with Gasteiger partial charge in [0.05, 0.1) is 18.8 Å². The summed E-state index contributed by atoms with van der Waals surface area (Å²) >= 11 is 0. The molecular formula is C21H21N3O6. The van der Waals surface area contributed by atoms with E-state index in [1.165, 1.54) is 24.3 Å². The fourth-order valence-electron chi connectivity index (χ4n) is 3.06. The van der Waals surface area contributed by atoms with Crippen LogP contribution in [0.4, 0.5) is 16.2 Å². The number of H-pyrrole nitrogens is 1. The number of hydrogen-bond acceptors (Lipinski definition) is 5. The molecule has 9 heteroatoms. The second kappa shape index (κ2) is 9.21. The van der Waals surface area contributed by atoms with Gasteiger partial charge in [-0.15, -0.1) is 0 Å². The number of urea groups is 1. The Bertz CT molecular complexity index is 1140. The quantitative estimate of drug-likeness (QED) is 0.473. The Labute approximate surface area is 171 Å². The van der Waals surface area contributed by atoms with Gasteiger partial charge in [-0.2, -0.15) is 0 Å². The molecule has 0 spiro atoms. The van der Waals surface area contributed by atoms with Crippen LogP contribution in [0.25, 0.3) is 10.8 Å². The number of benzene rings is 2. The Kier molecular flexibility index (Phi) is 6.45. The number of nitrogens with one attached hydrogen (secondary N) is 3. The van der Waals surface area contributed by atoms with E-state index >= 15 is 0 Å². The molecule has 3 aromatic rings. The molecule has 2 amide bonds. The minimum Gasteiger partial charge on any atom is -0.478 e. The summed E-state index contributed by atoms with van der Waals surface area (Å²) in [5.41, 5.74) is 1.87. The third-order valence-corrected chi connectivity index (χ3v) is 4.45. The van der Waals surface area contributed by atoms with E-state index in [9.17, 15) is 14.4 Å². The number of carboxylic acids is 1. The molecule has 30 heavy (non-hydrogen) atoms. The molecule has 1 heterocycles. The number of ether oxygens (including phenoxy) is 2. The van der Waals surface area contributed by atoms with Gasteiger partial charge in [0.25, 0.3) is 5.56 Å². The fraction of sp³-hybridized carbons (Fsp3) is 0.190. The molecule has 9 nitrogen and oxygen atoms in total. The van der Waals surface area contributed by atoms with E-state index in [1.54, 1.807) is 26.5 Å². The van der Waals surface area contributed by atoms with Crippen LogP contribution in [0.1, 0.15) is 21.5 Å². The summed E-state index contributed by atoms with van der Waals surface area (Å²) in [5.74, 6) is -1.06. The van der Waals surface area contributed by atoms with Crippen LogP contribution in [-0.4, -0.2) is 36.3 Å². The van der Waals surface area contributed by atoms with E-state index in [1.807, 2.05) is 6.07 Å². The van der Waals surface area contributed by atoms with E-state index in [-0.39, 0.29) is 11.3 Å². The molecule has 4 N–H and O–H groups in total. The highest BCUT2D eigenvalue weighted by molar-refractivity contribution is 6.06. The Morgan fingerprint density at radius 3 is 2.23 bits per heavy atom. The lowest BCUT2D eigenvalue weighted by molar-refractivity contribution is 0.0697. The van der Waals surface area contributed by atoms with E-state index in [0.29, 0.717) is 24.3 Å². The Morgan fingerprint density at radius 1 is 1.00 bits per heavy atom. The number of hydrogen-bond donors (Lipinski definition) is 4. The average Bonchev–Trinajstić information content (AvgIpc) is 2.72. The van der Waals surface area contributed by atoms with Crippen LogP contribution in [0.2, 0.25) is 0 Å². The van der Waals surface area contributed by atoms with Gasteiger partial charge >= 0.3 is 12.0 Å². The molecule has 0 saturated heterocycles. The average molecular weight is 411 g/mol. The van der Waals surface area contributed by atoms with E-state index in [4.69, 9.17) is 14.6 Å². The Balaban J connectivity index is 1.91. The first-order valence-corrected chi connectivity index (χ1v) is 8.99. The molecule has 0 aliphatic rings. The maximum atomic E-state index is 12.4. The van der Waals surface area contributed by atoms with Crippen molar-refractivity contribution in [2.75, 3.05) is 24.9 Å². The van der Waals surface area contributed by atoms with Crippen molar-refractivity contribution in [3.63, 3.8) is 0 Å². The molecule has 0 aliphatic carbocycles. The number of methoxy groups -OCH3 is 2. The molecule has 0 radical (unpaired) electrons. The van der Waals surface area contributed by atoms with Gasteiger partial charge in [0.15, 0.2) is 0 Å². The minimum absolute atomic E-state index is 0.0912. The number of aromatic nitrogens is 1. The zero-order valence-corrected chi connectivity index (χ0v) is 16.4. The first-order valence-electron chi connectivity index (χ1n) is 8.99. The predicted molar refractivity (Wildman–Crippen MR) is 112 cm³/mol. The first-order chi connectivity index (χ1) is 14.4. The standard InChI is InChI=1S/C21H21N3O6/c1-29-10-14-7-13-9-22-19(25)18(17(13)8-15(14)11-30-2)24-21(28)23-16-5-3-12(4-6-16)20(26)27/h3-9H,10-11H2,1-2H3,(H,22,25)(H,26,27)(H2,23,24,28). The maximum absolute atomic E-state index is 12.4. The van der Waals surface area contributed by atoms with Gasteiger partial charge in [0.2, 0.25) is 0 Å². The highest BCUT2D eigenvalue weighted by Gasteiger charge is 2.14. The van der Waals surface area contributed by atoms with Gasteiger partial charge in [0, 0.05) is 36.9 Å². The lowest BCUT2D eigenvalue weighted by atomic mass is 10.0. The number of anilines is 2. The summed E-state index contributed by atoms with van der Waals surface area (Å²) in [6, 6.07) is 8.70. The highest BCUT2D eigenvalue weighted by Crippen LogP contribution is 2.25. The molecule has 0 unspecified atom stereocenters.